The fourth-order valence-corrected chi connectivity index (χ4v) is 2.90. The van der Waals surface area contributed by atoms with Crippen molar-refractivity contribution in [3.63, 3.8) is 0 Å². The smallest absolute Gasteiger partial charge is 0.307 e. The molecule has 0 spiro atoms. The van der Waals surface area contributed by atoms with Crippen LogP contribution in [-0.4, -0.2) is 22.3 Å². The summed E-state index contributed by atoms with van der Waals surface area (Å²) in [5, 5.41) is 2.71. The number of amides is 1. The van der Waals surface area contributed by atoms with E-state index < -0.39 is 0 Å². The lowest BCUT2D eigenvalue weighted by Crippen LogP contribution is -2.24. The molecule has 2 aromatic rings. The third-order valence-corrected chi connectivity index (χ3v) is 4.27. The summed E-state index contributed by atoms with van der Waals surface area (Å²) in [6.07, 6.45) is 2.64. The molecule has 1 aliphatic carbocycles. The van der Waals surface area contributed by atoms with Gasteiger partial charge in [-0.1, -0.05) is 12.1 Å². The van der Waals surface area contributed by atoms with Gasteiger partial charge in [0.2, 0.25) is 0 Å². The molecule has 0 radical (unpaired) electrons. The van der Waals surface area contributed by atoms with Gasteiger partial charge in [0, 0.05) is 19.6 Å². The van der Waals surface area contributed by atoms with Crippen LogP contribution in [0.1, 0.15) is 40.5 Å². The number of rotatable bonds is 5. The second kappa shape index (κ2) is 5.77. The minimum atomic E-state index is -0.364. The van der Waals surface area contributed by atoms with Crippen molar-refractivity contribution < 1.29 is 13.6 Å². The highest BCUT2D eigenvalue weighted by Crippen LogP contribution is 2.33. The van der Waals surface area contributed by atoms with Crippen molar-refractivity contribution in [1.29, 1.82) is 0 Å². The van der Waals surface area contributed by atoms with Crippen LogP contribution in [0.5, 0.6) is 0 Å². The molecule has 1 amide bonds. The number of hydrogen-bond donors (Lipinski definition) is 1. The van der Waals surface area contributed by atoms with Crippen molar-refractivity contribution in [2.45, 2.75) is 32.5 Å². The fourth-order valence-electron chi connectivity index (χ4n) is 2.90. The highest BCUT2D eigenvalue weighted by molar-refractivity contribution is 5.89. The van der Waals surface area contributed by atoms with Gasteiger partial charge in [-0.15, -0.1) is 0 Å². The number of aromatic nitrogens is 1. The summed E-state index contributed by atoms with van der Waals surface area (Å²) in [6, 6.07) is 6.14. The summed E-state index contributed by atoms with van der Waals surface area (Å²) in [5.41, 5.74) is 1.56. The Balaban J connectivity index is 1.35. The zero-order valence-electron chi connectivity index (χ0n) is 12.7. The number of halogens is 1. The third-order valence-electron chi connectivity index (χ3n) is 4.27. The van der Waals surface area contributed by atoms with Crippen molar-refractivity contribution >= 4 is 5.91 Å². The summed E-state index contributed by atoms with van der Waals surface area (Å²) in [5.74, 6) is 1.03. The van der Waals surface area contributed by atoms with E-state index in [9.17, 15) is 9.18 Å². The summed E-state index contributed by atoms with van der Waals surface area (Å²) >= 11 is 0. The molecule has 120 valence electrons. The van der Waals surface area contributed by atoms with E-state index in [1.54, 1.807) is 12.1 Å². The average Bonchev–Trinajstić information content (AvgIpc) is 3.12. The van der Waals surface area contributed by atoms with Crippen LogP contribution in [0.4, 0.5) is 4.39 Å². The van der Waals surface area contributed by atoms with Crippen LogP contribution in [0.15, 0.2) is 28.7 Å². The van der Waals surface area contributed by atoms with E-state index in [1.165, 1.54) is 25.0 Å². The van der Waals surface area contributed by atoms with Crippen LogP contribution in [0.2, 0.25) is 0 Å². The van der Waals surface area contributed by atoms with Crippen LogP contribution < -0.4 is 5.32 Å². The highest BCUT2D eigenvalue weighted by Gasteiger charge is 2.31. The Kier molecular flexibility index (Phi) is 3.61. The molecule has 0 bridgehead atoms. The van der Waals surface area contributed by atoms with Gasteiger partial charge in [-0.3, -0.25) is 9.69 Å². The number of nitrogens with one attached hydrogen (secondary N) is 1. The number of hydrogen-bond acceptors (Lipinski definition) is 4. The van der Waals surface area contributed by atoms with E-state index in [2.05, 4.69) is 15.2 Å². The van der Waals surface area contributed by atoms with Gasteiger partial charge in [-0.05, 0) is 36.5 Å². The highest BCUT2D eigenvalue weighted by atomic mass is 19.1. The van der Waals surface area contributed by atoms with Gasteiger partial charge < -0.3 is 9.73 Å². The molecule has 5 nitrogen and oxygen atoms in total. The third kappa shape index (κ3) is 3.27. The van der Waals surface area contributed by atoms with Crippen LogP contribution in [-0.2, 0) is 19.6 Å². The Hall–Kier alpha value is -2.21. The number of carbonyl (C=O) groups excluding carboxylic acids is 1. The molecule has 0 saturated heterocycles. The second-order valence-electron chi connectivity index (χ2n) is 6.31. The molecule has 1 aromatic heterocycles. The Bertz CT molecular complexity index is 716. The van der Waals surface area contributed by atoms with Gasteiger partial charge in [-0.25, -0.2) is 9.37 Å². The van der Waals surface area contributed by atoms with Crippen molar-refractivity contribution in [2.24, 2.45) is 5.92 Å². The first kappa shape index (κ1) is 14.4. The molecule has 1 N–H and O–H groups in total. The zero-order valence-corrected chi connectivity index (χ0v) is 12.7. The minimum absolute atomic E-state index is 0.0949. The number of benzene rings is 1. The maximum Gasteiger partial charge on any atom is 0.307 e. The summed E-state index contributed by atoms with van der Waals surface area (Å²) in [6.45, 7) is 2.83. The monoisotopic (exact) mass is 315 g/mol. The predicted octanol–water partition coefficient (Wildman–Crippen LogP) is 2.47. The Morgan fingerprint density at radius 2 is 2.26 bits per heavy atom. The topological polar surface area (TPSA) is 58.4 Å². The maximum atomic E-state index is 13.1. The van der Waals surface area contributed by atoms with E-state index in [-0.39, 0.29) is 24.2 Å². The van der Waals surface area contributed by atoms with Gasteiger partial charge in [0.05, 0.1) is 12.2 Å². The first-order valence-corrected chi connectivity index (χ1v) is 7.91. The first-order chi connectivity index (χ1) is 11.2. The van der Waals surface area contributed by atoms with E-state index in [1.807, 2.05) is 0 Å². The molecule has 6 heteroatoms. The van der Waals surface area contributed by atoms with E-state index in [4.69, 9.17) is 4.42 Å². The average molecular weight is 315 g/mol. The molecule has 4 rings (SSSR count). The van der Waals surface area contributed by atoms with E-state index in [0.29, 0.717) is 5.56 Å². The van der Waals surface area contributed by atoms with Crippen LogP contribution >= 0.6 is 0 Å². The summed E-state index contributed by atoms with van der Waals surface area (Å²) in [4.78, 5) is 18.7. The second-order valence-corrected chi connectivity index (χ2v) is 6.31. The van der Waals surface area contributed by atoms with Gasteiger partial charge >= 0.3 is 5.91 Å². The molecule has 1 saturated carbocycles. The molecule has 1 fully saturated rings. The van der Waals surface area contributed by atoms with E-state index in [0.717, 1.165) is 37.0 Å². The molecule has 23 heavy (non-hydrogen) atoms. The van der Waals surface area contributed by atoms with Crippen molar-refractivity contribution in [3.8, 4) is 0 Å². The number of carbonyl (C=O) groups is 1. The molecule has 1 aliphatic heterocycles. The molecule has 2 heterocycles. The fraction of sp³-hybridized carbons (Fsp3) is 0.412. The van der Waals surface area contributed by atoms with Crippen molar-refractivity contribution in [2.75, 3.05) is 6.54 Å². The van der Waals surface area contributed by atoms with E-state index >= 15 is 0 Å². The standard InChI is InChI=1S/C17H18FN3O2/c18-13-3-1-2-12(6-13)7-19-16(22)17-20-14-9-21(8-11-4-5-11)10-15(14)23-17/h1-3,6,11H,4-5,7-10H2,(H,19,22). The Morgan fingerprint density at radius 3 is 3.00 bits per heavy atom. The van der Waals surface area contributed by atoms with Crippen molar-refractivity contribution in [1.82, 2.24) is 15.2 Å². The predicted molar refractivity (Wildman–Crippen MR) is 80.9 cm³/mol. The molecular formula is C17H18FN3O2. The zero-order chi connectivity index (χ0) is 15.8. The summed E-state index contributed by atoms with van der Waals surface area (Å²) < 4.78 is 18.7. The lowest BCUT2D eigenvalue weighted by Gasteiger charge is -2.12. The molecule has 1 aromatic carbocycles. The van der Waals surface area contributed by atoms with Crippen molar-refractivity contribution in [3.05, 3.63) is 53.0 Å². The Labute approximate surface area is 133 Å². The van der Waals surface area contributed by atoms with Crippen LogP contribution in [0.3, 0.4) is 0 Å². The van der Waals surface area contributed by atoms with Gasteiger partial charge in [0.1, 0.15) is 11.6 Å². The summed E-state index contributed by atoms with van der Waals surface area (Å²) in [7, 11) is 0. The molecule has 2 aliphatic rings. The first-order valence-electron chi connectivity index (χ1n) is 7.91. The quantitative estimate of drug-likeness (QED) is 0.921. The van der Waals surface area contributed by atoms with Crippen LogP contribution in [0, 0.1) is 11.7 Å². The molecular weight excluding hydrogens is 297 g/mol. The molecule has 0 unspecified atom stereocenters. The SMILES string of the molecule is O=C(NCc1cccc(F)c1)c1nc2c(o1)CN(CC1CC1)C2. The van der Waals surface area contributed by atoms with Crippen LogP contribution in [0.25, 0.3) is 0 Å². The van der Waals surface area contributed by atoms with Gasteiger partial charge in [0.25, 0.3) is 5.89 Å². The number of nitrogens with zero attached hydrogens (tertiary/aromatic N) is 2. The minimum Gasteiger partial charge on any atom is -0.436 e. The maximum absolute atomic E-state index is 13.1. The normalized spacial score (nSPS) is 17.3. The van der Waals surface area contributed by atoms with Gasteiger partial charge in [-0.2, -0.15) is 0 Å². The lowest BCUT2D eigenvalue weighted by atomic mass is 10.2. The lowest BCUT2D eigenvalue weighted by molar-refractivity contribution is 0.0911. The number of fused-ring (bicyclic) bond motifs is 1. The van der Waals surface area contributed by atoms with Gasteiger partial charge in [0.15, 0.2) is 0 Å². The molecule has 0 atom stereocenters. The number of oxazole rings is 1. The largest absolute Gasteiger partial charge is 0.436 e. The Morgan fingerprint density at radius 1 is 1.39 bits per heavy atom.